The number of ether oxygens (including phenoxy) is 1. The minimum absolute atomic E-state index is 0.0504. The first-order valence-corrected chi connectivity index (χ1v) is 5.23. The Morgan fingerprint density at radius 1 is 1.56 bits per heavy atom. The molecule has 0 atom stereocenters. The van der Waals surface area contributed by atoms with Gasteiger partial charge in [0.15, 0.2) is 5.82 Å². The smallest absolute Gasteiger partial charge is 0.339 e. The normalized spacial score (nSPS) is 10.8. The van der Waals surface area contributed by atoms with Crippen LogP contribution in [0.25, 0.3) is 0 Å². The highest BCUT2D eigenvalue weighted by Gasteiger charge is 2.15. The molecular formula is C11H16N2O3. The van der Waals surface area contributed by atoms with Gasteiger partial charge in [-0.05, 0) is 12.8 Å². The Hall–Kier alpha value is -1.49. The van der Waals surface area contributed by atoms with Crippen LogP contribution >= 0.6 is 0 Å². The number of carboxylic acid groups (broad SMARTS) is 1. The van der Waals surface area contributed by atoms with Crippen molar-refractivity contribution in [2.24, 2.45) is 0 Å². The van der Waals surface area contributed by atoms with Gasteiger partial charge in [-0.1, -0.05) is 13.8 Å². The topological polar surface area (TPSA) is 72.3 Å². The summed E-state index contributed by atoms with van der Waals surface area (Å²) >= 11 is 0. The molecule has 0 aliphatic carbocycles. The van der Waals surface area contributed by atoms with Gasteiger partial charge in [0.2, 0.25) is 0 Å². The van der Waals surface area contributed by atoms with Crippen molar-refractivity contribution in [1.82, 2.24) is 9.97 Å². The van der Waals surface area contributed by atoms with E-state index in [4.69, 9.17) is 9.84 Å². The maximum absolute atomic E-state index is 10.9. The molecule has 0 aromatic carbocycles. The Bertz CT molecular complexity index is 377. The van der Waals surface area contributed by atoms with Crippen molar-refractivity contribution in [3.63, 3.8) is 0 Å². The lowest BCUT2D eigenvalue weighted by atomic mass is 10.1. The minimum Gasteiger partial charge on any atom is -0.478 e. The quantitative estimate of drug-likeness (QED) is 0.826. The SMILES string of the molecule is CCOCc1ncc(C(=O)O)c(C(C)C)n1. The van der Waals surface area contributed by atoms with Crippen molar-refractivity contribution in [1.29, 1.82) is 0 Å². The molecule has 0 unspecified atom stereocenters. The Kier molecular flexibility index (Phi) is 4.37. The second kappa shape index (κ2) is 5.55. The van der Waals surface area contributed by atoms with Crippen LogP contribution in [0.3, 0.4) is 0 Å². The molecule has 1 aromatic rings. The number of nitrogens with zero attached hydrogens (tertiary/aromatic N) is 2. The standard InChI is InChI=1S/C11H16N2O3/c1-4-16-6-9-12-5-8(11(14)15)10(13-9)7(2)3/h5,7H,4,6H2,1-3H3,(H,14,15). The fourth-order valence-electron chi connectivity index (χ4n) is 1.30. The molecule has 0 aliphatic heterocycles. The zero-order chi connectivity index (χ0) is 12.1. The van der Waals surface area contributed by atoms with Crippen molar-refractivity contribution in [2.45, 2.75) is 33.3 Å². The van der Waals surface area contributed by atoms with E-state index in [1.807, 2.05) is 20.8 Å². The molecule has 88 valence electrons. The Labute approximate surface area is 94.5 Å². The third kappa shape index (κ3) is 3.00. The molecule has 0 saturated heterocycles. The third-order valence-corrected chi connectivity index (χ3v) is 2.08. The molecule has 1 rings (SSSR count). The minimum atomic E-state index is -0.994. The summed E-state index contributed by atoms with van der Waals surface area (Å²) in [5.41, 5.74) is 0.715. The van der Waals surface area contributed by atoms with E-state index < -0.39 is 5.97 Å². The van der Waals surface area contributed by atoms with Crippen molar-refractivity contribution < 1.29 is 14.6 Å². The van der Waals surface area contributed by atoms with Crippen molar-refractivity contribution in [3.8, 4) is 0 Å². The maximum Gasteiger partial charge on any atom is 0.339 e. The zero-order valence-corrected chi connectivity index (χ0v) is 9.73. The number of hydrogen-bond donors (Lipinski definition) is 1. The van der Waals surface area contributed by atoms with Crippen LogP contribution < -0.4 is 0 Å². The summed E-state index contributed by atoms with van der Waals surface area (Å²) in [5.74, 6) is -0.420. The Morgan fingerprint density at radius 2 is 2.25 bits per heavy atom. The second-order valence-corrected chi connectivity index (χ2v) is 3.68. The lowest BCUT2D eigenvalue weighted by Crippen LogP contribution is -2.11. The molecule has 0 spiro atoms. The van der Waals surface area contributed by atoms with Gasteiger partial charge in [-0.2, -0.15) is 0 Å². The van der Waals surface area contributed by atoms with E-state index in [-0.39, 0.29) is 11.5 Å². The van der Waals surface area contributed by atoms with Crippen molar-refractivity contribution >= 4 is 5.97 Å². The van der Waals surface area contributed by atoms with Crippen LogP contribution in [0.15, 0.2) is 6.20 Å². The predicted molar refractivity (Wildman–Crippen MR) is 58.4 cm³/mol. The fourth-order valence-corrected chi connectivity index (χ4v) is 1.30. The molecule has 1 heterocycles. The molecule has 5 heteroatoms. The van der Waals surface area contributed by atoms with E-state index in [9.17, 15) is 4.79 Å². The van der Waals surface area contributed by atoms with E-state index in [1.165, 1.54) is 6.20 Å². The molecular weight excluding hydrogens is 208 g/mol. The highest BCUT2D eigenvalue weighted by molar-refractivity contribution is 5.88. The summed E-state index contributed by atoms with van der Waals surface area (Å²) in [6.07, 6.45) is 1.35. The van der Waals surface area contributed by atoms with Gasteiger partial charge in [-0.3, -0.25) is 0 Å². The molecule has 16 heavy (non-hydrogen) atoms. The van der Waals surface area contributed by atoms with Crippen molar-refractivity contribution in [2.75, 3.05) is 6.61 Å². The number of rotatable bonds is 5. The van der Waals surface area contributed by atoms with Gasteiger partial charge in [-0.25, -0.2) is 14.8 Å². The summed E-state index contributed by atoms with van der Waals surface area (Å²) < 4.78 is 5.18. The molecule has 0 amide bonds. The van der Waals surface area contributed by atoms with E-state index in [0.717, 1.165) is 0 Å². The first kappa shape index (κ1) is 12.6. The van der Waals surface area contributed by atoms with E-state index in [2.05, 4.69) is 9.97 Å². The van der Waals surface area contributed by atoms with Crippen LogP contribution in [0.5, 0.6) is 0 Å². The summed E-state index contributed by atoms with van der Waals surface area (Å²) in [6, 6.07) is 0. The van der Waals surface area contributed by atoms with Crippen LogP contribution in [-0.2, 0) is 11.3 Å². The highest BCUT2D eigenvalue weighted by Crippen LogP contribution is 2.16. The van der Waals surface area contributed by atoms with Crippen LogP contribution in [0.1, 0.15) is 48.6 Å². The lowest BCUT2D eigenvalue weighted by molar-refractivity contribution is 0.0693. The number of aromatic nitrogens is 2. The molecule has 5 nitrogen and oxygen atoms in total. The molecule has 1 aromatic heterocycles. The van der Waals surface area contributed by atoms with Crippen molar-refractivity contribution in [3.05, 3.63) is 23.3 Å². The maximum atomic E-state index is 10.9. The summed E-state index contributed by atoms with van der Waals surface area (Å²) in [7, 11) is 0. The van der Waals surface area contributed by atoms with Gasteiger partial charge >= 0.3 is 5.97 Å². The largest absolute Gasteiger partial charge is 0.478 e. The Balaban J connectivity index is 3.02. The molecule has 0 fully saturated rings. The summed E-state index contributed by atoms with van der Waals surface area (Å²) in [4.78, 5) is 19.1. The van der Waals surface area contributed by atoms with Gasteiger partial charge in [-0.15, -0.1) is 0 Å². The van der Waals surface area contributed by atoms with Gasteiger partial charge in [0.05, 0.1) is 11.3 Å². The molecule has 0 radical (unpaired) electrons. The van der Waals surface area contributed by atoms with Crippen LogP contribution in [0.2, 0.25) is 0 Å². The van der Waals surface area contributed by atoms with Gasteiger partial charge in [0.25, 0.3) is 0 Å². The van der Waals surface area contributed by atoms with Gasteiger partial charge in [0.1, 0.15) is 6.61 Å². The van der Waals surface area contributed by atoms with Crippen LogP contribution in [-0.4, -0.2) is 27.7 Å². The van der Waals surface area contributed by atoms with Crippen LogP contribution in [0, 0.1) is 0 Å². The Morgan fingerprint density at radius 3 is 2.75 bits per heavy atom. The summed E-state index contributed by atoms with van der Waals surface area (Å²) in [5, 5.41) is 8.97. The first-order chi connectivity index (χ1) is 7.56. The molecule has 0 saturated carbocycles. The van der Waals surface area contributed by atoms with E-state index in [0.29, 0.717) is 24.7 Å². The van der Waals surface area contributed by atoms with Crippen LogP contribution in [0.4, 0.5) is 0 Å². The highest BCUT2D eigenvalue weighted by atomic mass is 16.5. The molecule has 0 bridgehead atoms. The molecule has 0 aliphatic rings. The number of hydrogen-bond acceptors (Lipinski definition) is 4. The fraction of sp³-hybridized carbons (Fsp3) is 0.545. The third-order valence-electron chi connectivity index (χ3n) is 2.08. The number of carbonyl (C=O) groups is 1. The average Bonchev–Trinajstić information content (AvgIpc) is 2.25. The zero-order valence-electron chi connectivity index (χ0n) is 9.73. The predicted octanol–water partition coefficient (Wildman–Crippen LogP) is 1.83. The molecule has 1 N–H and O–H groups in total. The summed E-state index contributed by atoms with van der Waals surface area (Å²) in [6.45, 7) is 6.59. The number of carboxylic acids is 1. The monoisotopic (exact) mass is 224 g/mol. The second-order valence-electron chi connectivity index (χ2n) is 3.68. The van der Waals surface area contributed by atoms with Gasteiger partial charge < -0.3 is 9.84 Å². The first-order valence-electron chi connectivity index (χ1n) is 5.23. The lowest BCUT2D eigenvalue weighted by Gasteiger charge is -2.09. The van der Waals surface area contributed by atoms with Gasteiger partial charge in [0, 0.05) is 12.8 Å². The van der Waals surface area contributed by atoms with E-state index in [1.54, 1.807) is 0 Å². The number of aromatic carboxylic acids is 1. The van der Waals surface area contributed by atoms with E-state index >= 15 is 0 Å². The average molecular weight is 224 g/mol.